The van der Waals surface area contributed by atoms with Crippen molar-refractivity contribution >= 4 is 64.2 Å². The zero-order valence-corrected chi connectivity index (χ0v) is 35.4. The quantitative estimate of drug-likeness (QED) is 0.0693. The van der Waals surface area contributed by atoms with Gasteiger partial charge in [0.1, 0.15) is 24.3 Å². The van der Waals surface area contributed by atoms with E-state index in [1.807, 2.05) is 0 Å². The minimum atomic E-state index is -0.759. The molecule has 334 valence electrons. The molecule has 5 amide bonds. The number of benzene rings is 4. The normalized spacial score (nSPS) is 15.3. The van der Waals surface area contributed by atoms with E-state index in [4.69, 9.17) is 30.8 Å². The van der Waals surface area contributed by atoms with Crippen LogP contribution in [0.3, 0.4) is 0 Å². The molecule has 65 heavy (non-hydrogen) atoms. The van der Waals surface area contributed by atoms with Crippen molar-refractivity contribution in [3.63, 3.8) is 0 Å². The van der Waals surface area contributed by atoms with E-state index < -0.39 is 29.5 Å². The summed E-state index contributed by atoms with van der Waals surface area (Å²) in [5, 5.41) is 11.4. The van der Waals surface area contributed by atoms with Crippen molar-refractivity contribution in [2.75, 3.05) is 56.8 Å². The molecular weight excluding hydrogens is 866 g/mol. The maximum Gasteiger partial charge on any atom is 0.255 e. The van der Waals surface area contributed by atoms with Crippen LogP contribution in [-0.2, 0) is 41.7 Å². The molecule has 1 atom stereocenters. The van der Waals surface area contributed by atoms with Crippen LogP contribution in [0.5, 0.6) is 0 Å². The highest BCUT2D eigenvalue weighted by Gasteiger charge is 2.40. The lowest BCUT2D eigenvalue weighted by Gasteiger charge is -2.29. The summed E-state index contributed by atoms with van der Waals surface area (Å²) in [6.07, 6.45) is 1.99. The third-order valence-corrected chi connectivity index (χ3v) is 11.0. The van der Waals surface area contributed by atoms with Gasteiger partial charge in [-0.3, -0.25) is 34.3 Å². The number of aromatic nitrogens is 2. The van der Waals surface area contributed by atoms with E-state index in [1.165, 1.54) is 23.1 Å². The first kappa shape index (κ1) is 44.6. The molecule has 4 aromatic carbocycles. The van der Waals surface area contributed by atoms with Gasteiger partial charge >= 0.3 is 0 Å². The molecule has 1 unspecified atom stereocenters. The van der Waals surface area contributed by atoms with Gasteiger partial charge in [-0.15, -0.1) is 0 Å². The number of nitrogens with one attached hydrogen (secondary N) is 4. The maximum atomic E-state index is 14.9. The lowest BCUT2D eigenvalue weighted by molar-refractivity contribution is -0.137. The summed E-state index contributed by atoms with van der Waals surface area (Å²) < 4.78 is 46.3. The van der Waals surface area contributed by atoms with Gasteiger partial charge in [-0.05, 0) is 67.1 Å². The van der Waals surface area contributed by atoms with Gasteiger partial charge in [0.15, 0.2) is 0 Å². The van der Waals surface area contributed by atoms with Crippen molar-refractivity contribution < 1.29 is 47.0 Å². The largest absolute Gasteiger partial charge is 0.377 e. The third kappa shape index (κ3) is 10.4. The van der Waals surface area contributed by atoms with E-state index in [-0.39, 0.29) is 107 Å². The van der Waals surface area contributed by atoms with Gasteiger partial charge in [-0.1, -0.05) is 29.8 Å². The molecule has 3 aliphatic heterocycles. The number of aliphatic imine (C=N–C) groups is 1. The van der Waals surface area contributed by atoms with E-state index in [2.05, 4.69) is 31.2 Å². The predicted molar refractivity (Wildman–Crippen MR) is 234 cm³/mol. The van der Waals surface area contributed by atoms with Crippen molar-refractivity contribution in [1.29, 1.82) is 0 Å². The molecule has 1 aromatic heterocycles. The topological polar surface area (TPSA) is 203 Å². The van der Waals surface area contributed by atoms with Gasteiger partial charge in [0.25, 0.3) is 11.8 Å². The van der Waals surface area contributed by atoms with Gasteiger partial charge in [-0.2, -0.15) is 0 Å². The van der Waals surface area contributed by atoms with Crippen LogP contribution in [0.1, 0.15) is 55.8 Å². The zero-order chi connectivity index (χ0) is 45.5. The number of nitrogens with zero attached hydrogens (tertiary/aromatic N) is 4. The second-order valence-electron chi connectivity index (χ2n) is 15.0. The standard InChI is InChI=1S/C46H41ClF2N8O8/c47-28-9-12-30-32(21-28)42(40-34(48)4-2-5-35(40)49)51-22-27-23-52-46(56-41(27)30)53-29-10-7-26(8-11-29)43(60)50-15-16-63-17-18-64-19-20-65-25-39(59)54-36-6-1-3-31-33(36)24-57(45(31)62)37-13-14-38(58)55-44(37)61/h1-12,21,23,37H,13-20,22,24-25H2,(H,50,60)(H,54,59)(H,52,53,56)(H,55,58,61). The van der Waals surface area contributed by atoms with Crippen molar-refractivity contribution in [3.8, 4) is 11.3 Å². The highest BCUT2D eigenvalue weighted by atomic mass is 35.5. The molecule has 0 aliphatic carbocycles. The zero-order valence-electron chi connectivity index (χ0n) is 34.6. The first-order valence-corrected chi connectivity index (χ1v) is 21.0. The van der Waals surface area contributed by atoms with Crippen LogP contribution in [0.2, 0.25) is 5.02 Å². The number of hydrogen-bond donors (Lipinski definition) is 4. The van der Waals surface area contributed by atoms with Gasteiger partial charge in [-0.25, -0.2) is 18.7 Å². The molecule has 1 saturated heterocycles. The molecule has 16 nitrogen and oxygen atoms in total. The van der Waals surface area contributed by atoms with Crippen LogP contribution in [-0.4, -0.2) is 102 Å². The van der Waals surface area contributed by atoms with E-state index in [1.54, 1.807) is 66.9 Å². The number of anilines is 3. The first-order chi connectivity index (χ1) is 31.5. The molecule has 1 fully saturated rings. The minimum Gasteiger partial charge on any atom is -0.377 e. The van der Waals surface area contributed by atoms with E-state index in [0.717, 1.165) is 0 Å². The number of hydrogen-bond acceptors (Lipinski definition) is 12. The maximum absolute atomic E-state index is 14.9. The molecule has 3 aliphatic rings. The molecule has 4 heterocycles. The Kier molecular flexibility index (Phi) is 13.9. The molecule has 0 saturated carbocycles. The van der Waals surface area contributed by atoms with Gasteiger partial charge in [0.2, 0.25) is 23.7 Å². The van der Waals surface area contributed by atoms with Crippen LogP contribution in [0.25, 0.3) is 11.3 Å². The minimum absolute atomic E-state index is 0.0804. The van der Waals surface area contributed by atoms with Crippen LogP contribution in [0.15, 0.2) is 90.1 Å². The van der Waals surface area contributed by atoms with Crippen molar-refractivity contribution in [2.24, 2.45) is 4.99 Å². The summed E-state index contributed by atoms with van der Waals surface area (Å²) in [7, 11) is 0. The smallest absolute Gasteiger partial charge is 0.255 e. The van der Waals surface area contributed by atoms with E-state index in [9.17, 15) is 32.8 Å². The highest BCUT2D eigenvalue weighted by molar-refractivity contribution is 6.31. The number of imide groups is 1. The monoisotopic (exact) mass is 906 g/mol. The Morgan fingerprint density at radius 2 is 1.60 bits per heavy atom. The second kappa shape index (κ2) is 20.2. The molecule has 5 aromatic rings. The predicted octanol–water partition coefficient (Wildman–Crippen LogP) is 5.35. The summed E-state index contributed by atoms with van der Waals surface area (Å²) in [5.41, 5.74) is 4.53. The Labute approximate surface area is 375 Å². The average molecular weight is 907 g/mol. The second-order valence-corrected chi connectivity index (χ2v) is 15.5. The number of fused-ring (bicyclic) bond motifs is 4. The number of ether oxygens (including phenoxy) is 3. The third-order valence-electron chi connectivity index (χ3n) is 10.7. The molecule has 19 heteroatoms. The molecule has 4 N–H and O–H groups in total. The highest BCUT2D eigenvalue weighted by Crippen LogP contribution is 2.35. The Morgan fingerprint density at radius 1 is 0.862 bits per heavy atom. The summed E-state index contributed by atoms with van der Waals surface area (Å²) in [6.45, 7) is 1.37. The number of piperidine rings is 1. The number of rotatable bonds is 17. The van der Waals surface area contributed by atoms with Gasteiger partial charge < -0.3 is 35.1 Å². The molecule has 0 bridgehead atoms. The van der Waals surface area contributed by atoms with Crippen LogP contribution in [0.4, 0.5) is 26.1 Å². The van der Waals surface area contributed by atoms with Gasteiger partial charge in [0, 0.05) is 75.5 Å². The average Bonchev–Trinajstić information content (AvgIpc) is 3.54. The fourth-order valence-electron chi connectivity index (χ4n) is 7.59. The number of halogens is 3. The Morgan fingerprint density at radius 3 is 2.37 bits per heavy atom. The van der Waals surface area contributed by atoms with Crippen LogP contribution >= 0.6 is 11.6 Å². The summed E-state index contributed by atoms with van der Waals surface area (Å²) in [4.78, 5) is 77.5. The summed E-state index contributed by atoms with van der Waals surface area (Å²) in [5.74, 6) is -3.16. The lowest BCUT2D eigenvalue weighted by Crippen LogP contribution is -2.52. The Balaban J connectivity index is 0.718. The Bertz CT molecular complexity index is 2680. The fraction of sp³-hybridized carbons (Fsp3) is 0.261. The van der Waals surface area contributed by atoms with E-state index >= 15 is 0 Å². The number of carbonyl (C=O) groups is 5. The molecule has 0 radical (unpaired) electrons. The first-order valence-electron chi connectivity index (χ1n) is 20.6. The Hall–Kier alpha value is -6.99. The summed E-state index contributed by atoms with van der Waals surface area (Å²) in [6, 6.07) is 19.6. The molecule has 8 rings (SSSR count). The summed E-state index contributed by atoms with van der Waals surface area (Å²) >= 11 is 6.33. The van der Waals surface area contributed by atoms with Crippen LogP contribution in [0, 0.1) is 11.6 Å². The SMILES string of the molecule is O=C1CCC(N2Cc3c(NC(=O)COCCOCCOCCNC(=O)c4ccc(Nc5ncc6c(n5)-c5ccc(Cl)cc5C(c5c(F)cccc5F)=NC6)cc4)cccc3C2=O)C(=O)N1. The van der Waals surface area contributed by atoms with Crippen molar-refractivity contribution in [3.05, 3.63) is 135 Å². The lowest BCUT2D eigenvalue weighted by atomic mass is 9.95. The molecular formula is C46H41ClF2N8O8. The van der Waals surface area contributed by atoms with Crippen LogP contribution < -0.4 is 21.3 Å². The van der Waals surface area contributed by atoms with Crippen molar-refractivity contribution in [1.82, 2.24) is 25.5 Å². The van der Waals surface area contributed by atoms with Gasteiger partial charge in [0.05, 0.1) is 56.5 Å². The van der Waals surface area contributed by atoms with Crippen molar-refractivity contribution in [2.45, 2.75) is 32.0 Å². The number of amides is 5. The van der Waals surface area contributed by atoms with E-state index in [0.29, 0.717) is 55.5 Å². The molecule has 0 spiro atoms. The number of carbonyl (C=O) groups excluding carboxylic acids is 5. The fourth-order valence-corrected chi connectivity index (χ4v) is 7.76.